The summed E-state index contributed by atoms with van der Waals surface area (Å²) in [4.78, 5) is 5.23. The van der Waals surface area contributed by atoms with Gasteiger partial charge in [-0.1, -0.05) is 19.1 Å². The minimum absolute atomic E-state index is 0.133. The summed E-state index contributed by atoms with van der Waals surface area (Å²) in [6.07, 6.45) is 2.93. The van der Waals surface area contributed by atoms with Gasteiger partial charge < -0.3 is 15.0 Å². The van der Waals surface area contributed by atoms with Crippen molar-refractivity contribution in [2.75, 3.05) is 18.1 Å². The number of hydrogen-bond donors (Lipinski definition) is 2. The van der Waals surface area contributed by atoms with Crippen molar-refractivity contribution in [3.8, 4) is 0 Å². The number of aromatic nitrogens is 1. The molecular formula is C14H18N2O. The second-order valence-electron chi connectivity index (χ2n) is 3.95. The van der Waals surface area contributed by atoms with Gasteiger partial charge in [-0.2, -0.15) is 0 Å². The molecule has 2 aromatic rings. The molecule has 2 rings (SSSR count). The molecule has 1 aromatic heterocycles. The molecule has 0 aliphatic heterocycles. The monoisotopic (exact) mass is 230 g/mol. The lowest BCUT2D eigenvalue weighted by molar-refractivity contribution is 0.305. The van der Waals surface area contributed by atoms with Gasteiger partial charge in [0.2, 0.25) is 0 Å². The number of nitrogens with zero attached hydrogens (tertiary/aromatic N) is 1. The summed E-state index contributed by atoms with van der Waals surface area (Å²) in [6.45, 7) is 2.87. The van der Waals surface area contributed by atoms with E-state index in [-0.39, 0.29) is 6.61 Å². The Morgan fingerprint density at radius 3 is 2.47 bits per heavy atom. The van der Waals surface area contributed by atoms with Crippen molar-refractivity contribution in [1.29, 1.82) is 0 Å². The highest BCUT2D eigenvalue weighted by Crippen LogP contribution is 2.23. The van der Waals surface area contributed by atoms with Crippen molar-refractivity contribution in [3.05, 3.63) is 48.2 Å². The maximum Gasteiger partial charge on any atom is 0.110 e. The molecule has 0 spiro atoms. The van der Waals surface area contributed by atoms with Crippen molar-refractivity contribution < 1.29 is 5.11 Å². The topological polar surface area (TPSA) is 39.3 Å². The number of nitrogens with one attached hydrogen (secondary N) is 1. The Kier molecular flexibility index (Phi) is 3.83. The van der Waals surface area contributed by atoms with Crippen molar-refractivity contribution >= 4 is 11.5 Å². The Morgan fingerprint density at radius 1 is 1.18 bits per heavy atom. The molecule has 0 amide bonds. The van der Waals surface area contributed by atoms with Crippen LogP contribution in [0.2, 0.25) is 0 Å². The van der Waals surface area contributed by atoms with E-state index in [9.17, 15) is 0 Å². The van der Waals surface area contributed by atoms with Crippen LogP contribution in [0.4, 0.5) is 11.5 Å². The van der Waals surface area contributed by atoms with E-state index < -0.39 is 0 Å². The highest BCUT2D eigenvalue weighted by atomic mass is 16.3. The molecule has 0 unspecified atom stereocenters. The molecule has 17 heavy (non-hydrogen) atoms. The van der Waals surface area contributed by atoms with Crippen LogP contribution in [0.3, 0.4) is 0 Å². The van der Waals surface area contributed by atoms with E-state index in [1.54, 1.807) is 0 Å². The highest BCUT2D eigenvalue weighted by Gasteiger charge is 2.08. The van der Waals surface area contributed by atoms with Crippen molar-refractivity contribution in [2.45, 2.75) is 13.3 Å². The molecule has 3 heteroatoms. The van der Waals surface area contributed by atoms with E-state index in [1.165, 1.54) is 5.56 Å². The second kappa shape index (κ2) is 5.55. The third-order valence-corrected chi connectivity index (χ3v) is 2.85. The second-order valence-corrected chi connectivity index (χ2v) is 3.95. The van der Waals surface area contributed by atoms with Gasteiger partial charge in [-0.25, -0.2) is 0 Å². The largest absolute Gasteiger partial charge is 0.395 e. The number of aromatic amines is 1. The third-order valence-electron chi connectivity index (χ3n) is 2.85. The van der Waals surface area contributed by atoms with E-state index in [1.807, 2.05) is 18.3 Å². The lowest BCUT2D eigenvalue weighted by Crippen LogP contribution is -2.21. The van der Waals surface area contributed by atoms with Gasteiger partial charge in [-0.05, 0) is 36.2 Å². The van der Waals surface area contributed by atoms with Crippen molar-refractivity contribution in [3.63, 3.8) is 0 Å². The Balaban J connectivity index is 2.26. The lowest BCUT2D eigenvalue weighted by Gasteiger charge is -2.22. The summed E-state index contributed by atoms with van der Waals surface area (Å²) in [5, 5.41) is 9.14. The maximum absolute atomic E-state index is 9.14. The number of aliphatic hydroxyl groups is 1. The molecule has 0 radical (unpaired) electrons. The smallest absolute Gasteiger partial charge is 0.110 e. The first-order valence-corrected chi connectivity index (χ1v) is 5.96. The first-order chi connectivity index (χ1) is 8.35. The zero-order valence-corrected chi connectivity index (χ0v) is 10.1. The van der Waals surface area contributed by atoms with E-state index in [4.69, 9.17) is 5.11 Å². The standard InChI is InChI=1S/C14H18N2O/c1-2-12-5-7-13(8-6-12)16(10-11-17)14-4-3-9-15-14/h3-9,15,17H,2,10-11H2,1H3. The summed E-state index contributed by atoms with van der Waals surface area (Å²) in [5.41, 5.74) is 2.42. The summed E-state index contributed by atoms with van der Waals surface area (Å²) >= 11 is 0. The maximum atomic E-state index is 9.14. The number of anilines is 2. The van der Waals surface area contributed by atoms with Crippen LogP contribution in [-0.4, -0.2) is 23.2 Å². The van der Waals surface area contributed by atoms with E-state index in [2.05, 4.69) is 41.1 Å². The van der Waals surface area contributed by atoms with Crippen LogP contribution in [-0.2, 0) is 6.42 Å². The molecule has 3 nitrogen and oxygen atoms in total. The fourth-order valence-electron chi connectivity index (χ4n) is 1.89. The van der Waals surface area contributed by atoms with Gasteiger partial charge in [0.05, 0.1) is 6.61 Å². The zero-order valence-electron chi connectivity index (χ0n) is 10.1. The molecule has 0 bridgehead atoms. The molecule has 0 saturated heterocycles. The van der Waals surface area contributed by atoms with Crippen LogP contribution in [0.15, 0.2) is 42.6 Å². The average Bonchev–Trinajstić information content (AvgIpc) is 2.90. The zero-order chi connectivity index (χ0) is 12.1. The molecule has 1 heterocycles. The Morgan fingerprint density at radius 2 is 1.94 bits per heavy atom. The molecule has 0 fully saturated rings. The van der Waals surface area contributed by atoms with Crippen LogP contribution >= 0.6 is 0 Å². The van der Waals surface area contributed by atoms with Gasteiger partial charge >= 0.3 is 0 Å². The normalized spacial score (nSPS) is 10.5. The van der Waals surface area contributed by atoms with Crippen LogP contribution in [0.25, 0.3) is 0 Å². The molecule has 1 aromatic carbocycles. The molecular weight excluding hydrogens is 212 g/mol. The van der Waals surface area contributed by atoms with Crippen molar-refractivity contribution in [1.82, 2.24) is 4.98 Å². The Hall–Kier alpha value is -1.74. The molecule has 90 valence electrons. The van der Waals surface area contributed by atoms with Crippen LogP contribution in [0, 0.1) is 0 Å². The van der Waals surface area contributed by atoms with Gasteiger partial charge in [0, 0.05) is 18.4 Å². The summed E-state index contributed by atoms with van der Waals surface area (Å²) in [6, 6.07) is 12.4. The number of rotatable bonds is 5. The third kappa shape index (κ3) is 2.68. The summed E-state index contributed by atoms with van der Waals surface area (Å²) in [5.74, 6) is 1.00. The predicted molar refractivity (Wildman–Crippen MR) is 70.7 cm³/mol. The Bertz CT molecular complexity index is 434. The van der Waals surface area contributed by atoms with Gasteiger partial charge in [-0.15, -0.1) is 0 Å². The number of hydrogen-bond acceptors (Lipinski definition) is 2. The molecule has 0 saturated carbocycles. The first-order valence-electron chi connectivity index (χ1n) is 5.96. The van der Waals surface area contributed by atoms with Gasteiger partial charge in [-0.3, -0.25) is 0 Å². The van der Waals surface area contributed by atoms with Crippen LogP contribution in [0.5, 0.6) is 0 Å². The van der Waals surface area contributed by atoms with E-state index >= 15 is 0 Å². The fraction of sp³-hybridized carbons (Fsp3) is 0.286. The minimum Gasteiger partial charge on any atom is -0.395 e. The number of H-pyrrole nitrogens is 1. The summed E-state index contributed by atoms with van der Waals surface area (Å²) < 4.78 is 0. The highest BCUT2D eigenvalue weighted by molar-refractivity contribution is 5.60. The van der Waals surface area contributed by atoms with Gasteiger partial charge in [0.15, 0.2) is 0 Å². The van der Waals surface area contributed by atoms with Crippen LogP contribution < -0.4 is 4.90 Å². The average molecular weight is 230 g/mol. The summed E-state index contributed by atoms with van der Waals surface area (Å²) in [7, 11) is 0. The molecule has 0 atom stereocenters. The van der Waals surface area contributed by atoms with E-state index in [0.717, 1.165) is 17.9 Å². The SMILES string of the molecule is CCc1ccc(N(CCO)c2ccc[nH]2)cc1. The molecule has 0 aliphatic carbocycles. The number of aryl methyl sites for hydroxylation is 1. The number of aliphatic hydroxyl groups excluding tert-OH is 1. The number of benzene rings is 1. The minimum atomic E-state index is 0.133. The Labute approximate surface area is 102 Å². The molecule has 2 N–H and O–H groups in total. The van der Waals surface area contributed by atoms with E-state index in [0.29, 0.717) is 6.54 Å². The fourth-order valence-corrected chi connectivity index (χ4v) is 1.89. The van der Waals surface area contributed by atoms with Gasteiger partial charge in [0.25, 0.3) is 0 Å². The lowest BCUT2D eigenvalue weighted by atomic mass is 10.1. The van der Waals surface area contributed by atoms with Crippen molar-refractivity contribution in [2.24, 2.45) is 0 Å². The van der Waals surface area contributed by atoms with Gasteiger partial charge in [0.1, 0.15) is 5.82 Å². The first kappa shape index (κ1) is 11.7. The predicted octanol–water partition coefficient (Wildman–Crippen LogP) is 2.71. The molecule has 0 aliphatic rings. The van der Waals surface area contributed by atoms with Crippen LogP contribution in [0.1, 0.15) is 12.5 Å². The quantitative estimate of drug-likeness (QED) is 0.829.